The normalized spacial score (nSPS) is 19.5. The van der Waals surface area contributed by atoms with E-state index in [0.29, 0.717) is 12.1 Å². The summed E-state index contributed by atoms with van der Waals surface area (Å²) in [5.41, 5.74) is 0.870. The second-order valence-electron chi connectivity index (χ2n) is 7.90. The van der Waals surface area contributed by atoms with Crippen molar-refractivity contribution < 1.29 is 27.1 Å². The zero-order chi connectivity index (χ0) is 23.5. The molecule has 0 saturated carbocycles. The fourth-order valence-electron chi connectivity index (χ4n) is 3.80. The molecule has 0 aromatic heterocycles. The lowest BCUT2D eigenvalue weighted by Crippen LogP contribution is -2.48. The molecule has 1 aliphatic rings. The van der Waals surface area contributed by atoms with Crippen LogP contribution in [-0.2, 0) is 21.3 Å². The van der Waals surface area contributed by atoms with Crippen LogP contribution in [0.3, 0.4) is 0 Å². The van der Waals surface area contributed by atoms with Crippen LogP contribution in [0.2, 0.25) is 0 Å². The Morgan fingerprint density at radius 2 is 1.88 bits per heavy atom. The fourth-order valence-corrected chi connectivity index (χ4v) is 5.44. The average Bonchev–Trinajstić information content (AvgIpc) is 2.76. The summed E-state index contributed by atoms with van der Waals surface area (Å²) in [5.74, 6) is -0.701. The number of carbonyl (C=O) groups is 1. The lowest BCUT2D eigenvalue weighted by Gasteiger charge is -2.34. The number of ether oxygens (including phenoxy) is 2. The van der Waals surface area contributed by atoms with Crippen LogP contribution in [0.25, 0.3) is 0 Å². The van der Waals surface area contributed by atoms with Crippen molar-refractivity contribution in [3.05, 3.63) is 59.4 Å². The number of carbonyl (C=O) groups excluding carboxylic acids is 1. The maximum Gasteiger partial charge on any atom is 0.254 e. The molecule has 1 fully saturated rings. The van der Waals surface area contributed by atoms with Gasteiger partial charge in [-0.1, -0.05) is 12.1 Å². The highest BCUT2D eigenvalue weighted by Gasteiger charge is 2.32. The van der Waals surface area contributed by atoms with Gasteiger partial charge in [0, 0.05) is 31.7 Å². The third-order valence-electron chi connectivity index (χ3n) is 5.36. The van der Waals surface area contributed by atoms with Gasteiger partial charge in [0.05, 0.1) is 24.2 Å². The Hall–Kier alpha value is -2.49. The van der Waals surface area contributed by atoms with E-state index >= 15 is 0 Å². The van der Waals surface area contributed by atoms with E-state index in [0.717, 1.165) is 0 Å². The molecule has 0 unspecified atom stereocenters. The molecule has 0 spiro atoms. The SMILES string of the molecule is CCN(Cc1ccc(OC)c(F)c1)C(=O)c1cccc(S(=O)(=O)N2C[C@@H](C)O[C@@H](C)C2)c1. The van der Waals surface area contributed by atoms with E-state index in [4.69, 9.17) is 9.47 Å². The molecule has 0 N–H and O–H groups in total. The molecule has 2 atom stereocenters. The lowest BCUT2D eigenvalue weighted by molar-refractivity contribution is -0.0440. The van der Waals surface area contributed by atoms with Crippen molar-refractivity contribution in [3.63, 3.8) is 0 Å². The van der Waals surface area contributed by atoms with Crippen LogP contribution < -0.4 is 4.74 Å². The number of halogens is 1. The van der Waals surface area contributed by atoms with Crippen LogP contribution in [0.15, 0.2) is 47.4 Å². The Labute approximate surface area is 188 Å². The van der Waals surface area contributed by atoms with Gasteiger partial charge in [-0.05, 0) is 56.7 Å². The summed E-state index contributed by atoms with van der Waals surface area (Å²) in [6.45, 7) is 6.56. The summed E-state index contributed by atoms with van der Waals surface area (Å²) in [6.07, 6.45) is -0.419. The number of hydrogen-bond donors (Lipinski definition) is 0. The van der Waals surface area contributed by atoms with Crippen LogP contribution in [-0.4, -0.2) is 62.5 Å². The van der Waals surface area contributed by atoms with Gasteiger partial charge in [-0.3, -0.25) is 4.79 Å². The Kier molecular flexibility index (Phi) is 7.53. The molecule has 0 bridgehead atoms. The summed E-state index contributed by atoms with van der Waals surface area (Å²) < 4.78 is 52.3. The highest BCUT2D eigenvalue weighted by molar-refractivity contribution is 7.89. The predicted molar refractivity (Wildman–Crippen MR) is 119 cm³/mol. The van der Waals surface area contributed by atoms with Gasteiger partial charge in [0.15, 0.2) is 11.6 Å². The quantitative estimate of drug-likeness (QED) is 0.629. The first kappa shape index (κ1) is 24.2. The van der Waals surface area contributed by atoms with Gasteiger partial charge >= 0.3 is 0 Å². The Morgan fingerprint density at radius 1 is 1.19 bits per heavy atom. The second-order valence-corrected chi connectivity index (χ2v) is 9.83. The summed E-state index contributed by atoms with van der Waals surface area (Å²) in [5, 5.41) is 0. The first-order chi connectivity index (χ1) is 15.1. The molecule has 174 valence electrons. The highest BCUT2D eigenvalue weighted by Crippen LogP contribution is 2.23. The fraction of sp³-hybridized carbons (Fsp3) is 0.435. The molecule has 1 aliphatic heterocycles. The number of nitrogens with zero attached hydrogens (tertiary/aromatic N) is 2. The zero-order valence-corrected chi connectivity index (χ0v) is 19.6. The van der Waals surface area contributed by atoms with Crippen LogP contribution >= 0.6 is 0 Å². The van der Waals surface area contributed by atoms with Crippen molar-refractivity contribution in [2.75, 3.05) is 26.7 Å². The number of hydrogen-bond acceptors (Lipinski definition) is 5. The molecule has 1 amide bonds. The molecule has 2 aromatic carbocycles. The summed E-state index contributed by atoms with van der Waals surface area (Å²) in [4.78, 5) is 14.7. The van der Waals surface area contributed by atoms with Gasteiger partial charge in [-0.25, -0.2) is 12.8 Å². The van der Waals surface area contributed by atoms with Crippen LogP contribution in [0, 0.1) is 5.82 Å². The molecular weight excluding hydrogens is 435 g/mol. The average molecular weight is 465 g/mol. The van der Waals surface area contributed by atoms with Crippen LogP contribution in [0.1, 0.15) is 36.7 Å². The molecule has 9 heteroatoms. The Bertz CT molecular complexity index is 1070. The number of benzene rings is 2. The number of methoxy groups -OCH3 is 1. The van der Waals surface area contributed by atoms with E-state index in [1.165, 1.54) is 40.6 Å². The van der Waals surface area contributed by atoms with E-state index in [1.54, 1.807) is 18.2 Å². The molecule has 3 rings (SSSR count). The van der Waals surface area contributed by atoms with Crippen molar-refractivity contribution in [3.8, 4) is 5.75 Å². The number of amides is 1. The predicted octanol–water partition coefficient (Wildman–Crippen LogP) is 3.29. The molecule has 32 heavy (non-hydrogen) atoms. The minimum Gasteiger partial charge on any atom is -0.494 e. The molecule has 2 aromatic rings. The first-order valence-corrected chi connectivity index (χ1v) is 12.0. The van der Waals surface area contributed by atoms with Crippen LogP contribution in [0.5, 0.6) is 5.75 Å². The van der Waals surface area contributed by atoms with E-state index < -0.39 is 15.8 Å². The Balaban J connectivity index is 1.82. The van der Waals surface area contributed by atoms with E-state index in [9.17, 15) is 17.6 Å². The molecule has 0 radical (unpaired) electrons. The monoisotopic (exact) mass is 464 g/mol. The minimum absolute atomic E-state index is 0.0659. The zero-order valence-electron chi connectivity index (χ0n) is 18.7. The number of morpholine rings is 1. The minimum atomic E-state index is -3.77. The molecule has 1 saturated heterocycles. The highest BCUT2D eigenvalue weighted by atomic mass is 32.2. The maximum absolute atomic E-state index is 14.0. The van der Waals surface area contributed by atoms with Gasteiger partial charge in [0.25, 0.3) is 5.91 Å². The molecule has 7 nitrogen and oxygen atoms in total. The van der Waals surface area contributed by atoms with E-state index in [-0.39, 0.29) is 54.0 Å². The van der Waals surface area contributed by atoms with Gasteiger partial charge in [0.2, 0.25) is 10.0 Å². The lowest BCUT2D eigenvalue weighted by atomic mass is 10.1. The van der Waals surface area contributed by atoms with Crippen molar-refractivity contribution in [1.82, 2.24) is 9.21 Å². The van der Waals surface area contributed by atoms with Crippen molar-refractivity contribution >= 4 is 15.9 Å². The van der Waals surface area contributed by atoms with E-state index in [2.05, 4.69) is 0 Å². The van der Waals surface area contributed by atoms with Gasteiger partial charge in [-0.15, -0.1) is 0 Å². The smallest absolute Gasteiger partial charge is 0.254 e. The van der Waals surface area contributed by atoms with Crippen molar-refractivity contribution in [1.29, 1.82) is 0 Å². The summed E-state index contributed by atoms with van der Waals surface area (Å²) in [7, 11) is -2.38. The number of rotatable bonds is 7. The topological polar surface area (TPSA) is 76.2 Å². The van der Waals surface area contributed by atoms with Gasteiger partial charge in [-0.2, -0.15) is 4.31 Å². The first-order valence-electron chi connectivity index (χ1n) is 10.5. The van der Waals surface area contributed by atoms with Gasteiger partial charge < -0.3 is 14.4 Å². The largest absolute Gasteiger partial charge is 0.494 e. The van der Waals surface area contributed by atoms with Crippen molar-refractivity contribution in [2.45, 2.75) is 44.4 Å². The molecule has 1 heterocycles. The molecule has 0 aliphatic carbocycles. The third-order valence-corrected chi connectivity index (χ3v) is 7.19. The maximum atomic E-state index is 14.0. The van der Waals surface area contributed by atoms with Gasteiger partial charge in [0.1, 0.15) is 0 Å². The Morgan fingerprint density at radius 3 is 2.47 bits per heavy atom. The van der Waals surface area contributed by atoms with E-state index in [1.807, 2.05) is 20.8 Å². The summed E-state index contributed by atoms with van der Waals surface area (Å²) >= 11 is 0. The summed E-state index contributed by atoms with van der Waals surface area (Å²) in [6, 6.07) is 10.6. The molecular formula is C23H29FN2O5S. The van der Waals surface area contributed by atoms with Crippen LogP contribution in [0.4, 0.5) is 4.39 Å². The van der Waals surface area contributed by atoms with Crippen molar-refractivity contribution in [2.24, 2.45) is 0 Å². The standard InChI is InChI=1S/C23H29FN2O5S/c1-5-25(15-18-9-10-22(30-4)21(24)11-18)23(27)19-7-6-8-20(12-19)32(28,29)26-13-16(2)31-17(3)14-26/h6-12,16-17H,5,13-15H2,1-4H3/t16-,17+. The second kappa shape index (κ2) is 9.97. The third kappa shape index (κ3) is 5.28. The number of sulfonamides is 1.